The molecule has 190 valence electrons. The van der Waals surface area contributed by atoms with E-state index in [9.17, 15) is 14.4 Å². The van der Waals surface area contributed by atoms with Gasteiger partial charge in [0, 0.05) is 55.4 Å². The lowest BCUT2D eigenvalue weighted by Gasteiger charge is -2.44. The Kier molecular flexibility index (Phi) is 8.02. The van der Waals surface area contributed by atoms with Gasteiger partial charge in [-0.2, -0.15) is 0 Å². The van der Waals surface area contributed by atoms with Crippen LogP contribution >= 0.6 is 11.6 Å². The van der Waals surface area contributed by atoms with E-state index in [0.717, 1.165) is 19.3 Å². The number of ether oxygens (including phenoxy) is 1. The number of esters is 1. The molecule has 35 heavy (non-hydrogen) atoms. The first kappa shape index (κ1) is 25.5. The summed E-state index contributed by atoms with van der Waals surface area (Å²) in [6.45, 7) is 8.76. The second-order valence-electron chi connectivity index (χ2n) is 9.47. The number of carbonyl (C=O) groups is 3. The van der Waals surface area contributed by atoms with Gasteiger partial charge in [0.15, 0.2) is 0 Å². The van der Waals surface area contributed by atoms with Gasteiger partial charge in [-0.05, 0) is 45.2 Å². The molecule has 3 aliphatic rings. The number of hydrogen-bond donors (Lipinski definition) is 1. The maximum atomic E-state index is 13.3. The fourth-order valence-electron chi connectivity index (χ4n) is 5.21. The van der Waals surface area contributed by atoms with Gasteiger partial charge in [-0.25, -0.2) is 9.59 Å². The number of nitrogens with zero attached hydrogens (tertiary/aromatic N) is 3. The monoisotopic (exact) mass is 502 g/mol. The average molecular weight is 503 g/mol. The molecule has 1 saturated carbocycles. The number of benzene rings is 1. The predicted molar refractivity (Wildman–Crippen MR) is 134 cm³/mol. The van der Waals surface area contributed by atoms with Crippen LogP contribution in [-0.4, -0.2) is 78.0 Å². The Balaban J connectivity index is 1.64. The van der Waals surface area contributed by atoms with E-state index in [2.05, 4.69) is 17.1 Å². The molecule has 2 heterocycles. The molecule has 1 saturated heterocycles. The molecular formula is C26H35ClN4O4. The highest BCUT2D eigenvalue weighted by atomic mass is 35.5. The lowest BCUT2D eigenvalue weighted by atomic mass is 9.84. The predicted octanol–water partition coefficient (Wildman–Crippen LogP) is 3.58. The van der Waals surface area contributed by atoms with Crippen LogP contribution in [0.1, 0.15) is 51.6 Å². The van der Waals surface area contributed by atoms with Crippen molar-refractivity contribution in [1.29, 1.82) is 0 Å². The van der Waals surface area contributed by atoms with E-state index in [4.69, 9.17) is 16.3 Å². The lowest BCUT2D eigenvalue weighted by Crippen LogP contribution is -2.57. The Morgan fingerprint density at radius 3 is 2.51 bits per heavy atom. The highest BCUT2D eigenvalue weighted by Crippen LogP contribution is 2.35. The molecule has 9 heteroatoms. The first-order valence-corrected chi connectivity index (χ1v) is 13.0. The molecule has 4 rings (SSSR count). The number of rotatable bonds is 7. The quantitative estimate of drug-likeness (QED) is 0.576. The van der Waals surface area contributed by atoms with Crippen molar-refractivity contribution >= 4 is 29.5 Å². The summed E-state index contributed by atoms with van der Waals surface area (Å²) in [5.74, 6) is -0.0188. The zero-order valence-electron chi connectivity index (χ0n) is 20.8. The zero-order chi connectivity index (χ0) is 25.1. The van der Waals surface area contributed by atoms with Gasteiger partial charge in [0.05, 0.1) is 18.2 Å². The molecule has 0 bridgehead atoms. The Hall–Kier alpha value is -2.58. The molecule has 1 N–H and O–H groups in total. The number of likely N-dealkylation sites (N-methyl/N-ethyl adjacent to an activating group) is 1. The van der Waals surface area contributed by atoms with Crippen molar-refractivity contribution in [3.05, 3.63) is 46.1 Å². The molecule has 2 aliphatic heterocycles. The van der Waals surface area contributed by atoms with Gasteiger partial charge in [0.2, 0.25) is 5.91 Å². The Morgan fingerprint density at radius 2 is 1.91 bits per heavy atom. The molecule has 2 unspecified atom stereocenters. The molecular weight excluding hydrogens is 468 g/mol. The normalized spacial score (nSPS) is 23.7. The molecule has 0 spiro atoms. The summed E-state index contributed by atoms with van der Waals surface area (Å²) >= 11 is 6.48. The summed E-state index contributed by atoms with van der Waals surface area (Å²) in [6.07, 6.45) is 3.12. The standard InChI is InChI=1S/C26H35ClN4O4/c1-4-30-21(16-29-13-14-31(17(3)15-29)24(32)18-9-8-10-18)22(25(33)35-5-2)23(28-26(30)34)19-11-6-7-12-20(19)27/h6-7,11-12,17-18,23H,4-5,8-10,13-16H2,1-3H3,(H,28,34). The number of hydrogen-bond acceptors (Lipinski definition) is 5. The van der Waals surface area contributed by atoms with Gasteiger partial charge in [0.25, 0.3) is 0 Å². The minimum atomic E-state index is -0.702. The third-order valence-electron chi connectivity index (χ3n) is 7.29. The van der Waals surface area contributed by atoms with Gasteiger partial charge in [-0.1, -0.05) is 36.2 Å². The summed E-state index contributed by atoms with van der Waals surface area (Å²) < 4.78 is 5.45. The van der Waals surface area contributed by atoms with E-state index in [1.54, 1.807) is 17.9 Å². The van der Waals surface area contributed by atoms with Crippen LogP contribution in [0.15, 0.2) is 35.5 Å². The number of carbonyl (C=O) groups excluding carboxylic acids is 3. The minimum Gasteiger partial charge on any atom is -0.463 e. The van der Waals surface area contributed by atoms with Crippen LogP contribution in [-0.2, 0) is 14.3 Å². The molecule has 0 aromatic heterocycles. The SMILES string of the molecule is CCOC(=O)C1=C(CN2CCN(C(=O)C3CCC3)C(C)C2)N(CC)C(=O)NC1c1ccccc1Cl. The Morgan fingerprint density at radius 1 is 1.17 bits per heavy atom. The van der Waals surface area contributed by atoms with Gasteiger partial charge in [-0.15, -0.1) is 0 Å². The molecule has 1 aliphatic carbocycles. The number of urea groups is 1. The first-order valence-electron chi connectivity index (χ1n) is 12.6. The highest BCUT2D eigenvalue weighted by molar-refractivity contribution is 6.31. The van der Waals surface area contributed by atoms with Crippen LogP contribution < -0.4 is 5.32 Å². The molecule has 2 fully saturated rings. The van der Waals surface area contributed by atoms with Crippen LogP contribution in [0.25, 0.3) is 0 Å². The highest BCUT2D eigenvalue weighted by Gasteiger charge is 2.40. The fourth-order valence-corrected chi connectivity index (χ4v) is 5.45. The Labute approximate surface area is 212 Å². The molecule has 0 radical (unpaired) electrons. The lowest BCUT2D eigenvalue weighted by molar-refractivity contribution is -0.142. The first-order chi connectivity index (χ1) is 16.8. The summed E-state index contributed by atoms with van der Waals surface area (Å²) in [5.41, 5.74) is 1.69. The van der Waals surface area contributed by atoms with Crippen molar-refractivity contribution < 1.29 is 19.1 Å². The van der Waals surface area contributed by atoms with E-state index >= 15 is 0 Å². The van der Waals surface area contributed by atoms with Crippen molar-refractivity contribution in [3.63, 3.8) is 0 Å². The van der Waals surface area contributed by atoms with Crippen molar-refractivity contribution in [2.45, 2.75) is 52.1 Å². The van der Waals surface area contributed by atoms with E-state index in [-0.39, 0.29) is 30.5 Å². The zero-order valence-corrected chi connectivity index (χ0v) is 21.5. The van der Waals surface area contributed by atoms with Crippen LogP contribution in [0.5, 0.6) is 0 Å². The third-order valence-corrected chi connectivity index (χ3v) is 7.63. The van der Waals surface area contributed by atoms with Gasteiger partial charge in [0.1, 0.15) is 0 Å². The Bertz CT molecular complexity index is 1010. The van der Waals surface area contributed by atoms with Crippen LogP contribution in [0, 0.1) is 5.92 Å². The summed E-state index contributed by atoms with van der Waals surface area (Å²) in [5, 5.41) is 3.43. The molecule has 8 nitrogen and oxygen atoms in total. The molecule has 3 amide bonds. The smallest absolute Gasteiger partial charge is 0.338 e. The molecule has 1 aromatic rings. The average Bonchev–Trinajstić information content (AvgIpc) is 2.78. The molecule has 1 aromatic carbocycles. The van der Waals surface area contributed by atoms with Crippen molar-refractivity contribution in [3.8, 4) is 0 Å². The van der Waals surface area contributed by atoms with Gasteiger partial charge >= 0.3 is 12.0 Å². The van der Waals surface area contributed by atoms with Gasteiger partial charge in [-0.3, -0.25) is 14.6 Å². The fraction of sp³-hybridized carbons (Fsp3) is 0.577. The second-order valence-corrected chi connectivity index (χ2v) is 9.88. The van der Waals surface area contributed by atoms with E-state index in [1.807, 2.05) is 30.0 Å². The van der Waals surface area contributed by atoms with E-state index in [0.29, 0.717) is 54.6 Å². The topological polar surface area (TPSA) is 82.2 Å². The number of halogens is 1. The summed E-state index contributed by atoms with van der Waals surface area (Å²) in [7, 11) is 0. The molecule has 2 atom stereocenters. The number of piperazine rings is 1. The van der Waals surface area contributed by atoms with Crippen LogP contribution in [0.4, 0.5) is 4.79 Å². The van der Waals surface area contributed by atoms with E-state index < -0.39 is 12.0 Å². The summed E-state index contributed by atoms with van der Waals surface area (Å²) in [6, 6.07) is 6.31. The third kappa shape index (κ3) is 5.19. The van der Waals surface area contributed by atoms with E-state index in [1.165, 1.54) is 0 Å². The largest absolute Gasteiger partial charge is 0.463 e. The maximum Gasteiger partial charge on any atom is 0.338 e. The van der Waals surface area contributed by atoms with Gasteiger partial charge < -0.3 is 15.0 Å². The van der Waals surface area contributed by atoms with Crippen LogP contribution in [0.3, 0.4) is 0 Å². The van der Waals surface area contributed by atoms with Crippen molar-refractivity contribution in [2.75, 3.05) is 39.3 Å². The van der Waals surface area contributed by atoms with Crippen molar-refractivity contribution in [2.24, 2.45) is 5.92 Å². The van der Waals surface area contributed by atoms with Crippen LogP contribution in [0.2, 0.25) is 5.02 Å². The minimum absolute atomic E-state index is 0.0651. The number of amides is 3. The van der Waals surface area contributed by atoms with Crippen molar-refractivity contribution in [1.82, 2.24) is 20.0 Å². The maximum absolute atomic E-state index is 13.3. The number of nitrogens with one attached hydrogen (secondary N) is 1. The summed E-state index contributed by atoms with van der Waals surface area (Å²) in [4.78, 5) is 45.1. The second kappa shape index (κ2) is 11.0.